The number of nitrogens with zero attached hydrogens (tertiary/aromatic N) is 1. The van der Waals surface area contributed by atoms with Crippen LogP contribution in [0.15, 0.2) is 46.1 Å². The van der Waals surface area contributed by atoms with E-state index in [1.807, 2.05) is 38.1 Å². The largest absolute Gasteiger partial charge is 0.469 e. The Kier molecular flexibility index (Phi) is 3.80. The highest BCUT2D eigenvalue weighted by Gasteiger charge is 2.10. The van der Waals surface area contributed by atoms with Crippen molar-refractivity contribution in [1.29, 1.82) is 0 Å². The molecule has 0 atom stereocenters. The van der Waals surface area contributed by atoms with Crippen molar-refractivity contribution in [3.63, 3.8) is 0 Å². The van der Waals surface area contributed by atoms with Crippen LogP contribution in [-0.4, -0.2) is 11.6 Å². The number of rotatable bonds is 3. The summed E-state index contributed by atoms with van der Waals surface area (Å²) in [7, 11) is 0. The van der Waals surface area contributed by atoms with E-state index in [9.17, 15) is 4.79 Å². The van der Waals surface area contributed by atoms with E-state index in [0.717, 1.165) is 16.8 Å². The highest BCUT2D eigenvalue weighted by atomic mass is 16.3. The molecular formula is C15H16N2O2. The minimum absolute atomic E-state index is 0.265. The Hall–Kier alpha value is -2.36. The van der Waals surface area contributed by atoms with E-state index in [4.69, 9.17) is 4.42 Å². The van der Waals surface area contributed by atoms with Crippen LogP contribution in [0.2, 0.25) is 0 Å². The van der Waals surface area contributed by atoms with E-state index in [-0.39, 0.29) is 5.91 Å². The third kappa shape index (κ3) is 2.91. The van der Waals surface area contributed by atoms with Gasteiger partial charge in [0.1, 0.15) is 5.76 Å². The van der Waals surface area contributed by atoms with Crippen molar-refractivity contribution in [2.75, 3.05) is 0 Å². The molecule has 4 nitrogen and oxygen atoms in total. The molecule has 0 saturated carbocycles. The molecule has 0 aliphatic heterocycles. The zero-order valence-corrected chi connectivity index (χ0v) is 11.2. The van der Waals surface area contributed by atoms with Crippen LogP contribution in [0.3, 0.4) is 0 Å². The summed E-state index contributed by atoms with van der Waals surface area (Å²) in [4.78, 5) is 11.9. The molecule has 0 fully saturated rings. The Morgan fingerprint density at radius 1 is 1.16 bits per heavy atom. The van der Waals surface area contributed by atoms with Gasteiger partial charge in [-0.2, -0.15) is 5.10 Å². The maximum Gasteiger partial charge on any atom is 0.274 e. The first-order valence-electron chi connectivity index (χ1n) is 6.04. The molecule has 0 aliphatic carbocycles. The van der Waals surface area contributed by atoms with Crippen molar-refractivity contribution in [2.24, 2.45) is 5.10 Å². The van der Waals surface area contributed by atoms with Crippen LogP contribution in [-0.2, 0) is 0 Å². The van der Waals surface area contributed by atoms with Gasteiger partial charge in [-0.3, -0.25) is 4.79 Å². The average molecular weight is 256 g/mol. The standard InChI is InChI=1S/C15H16N2O2/c1-10-6-4-5-7-13(10)11(2)16-17-15(18)14-8-9-19-12(14)3/h4-9H,1-3H3,(H,17,18)/b16-11-. The molecule has 0 saturated heterocycles. The monoisotopic (exact) mass is 256 g/mol. The number of hydrazone groups is 1. The van der Waals surface area contributed by atoms with E-state index >= 15 is 0 Å². The lowest BCUT2D eigenvalue weighted by Crippen LogP contribution is -2.19. The summed E-state index contributed by atoms with van der Waals surface area (Å²) < 4.78 is 5.09. The van der Waals surface area contributed by atoms with Crippen LogP contribution >= 0.6 is 0 Å². The zero-order chi connectivity index (χ0) is 13.8. The normalized spacial score (nSPS) is 11.4. The maximum absolute atomic E-state index is 11.9. The third-order valence-electron chi connectivity index (χ3n) is 2.96. The predicted octanol–water partition coefficient (Wildman–Crippen LogP) is 3.05. The number of carbonyl (C=O) groups excluding carboxylic acids is 1. The number of carbonyl (C=O) groups is 1. The van der Waals surface area contributed by atoms with Gasteiger partial charge in [-0.1, -0.05) is 24.3 Å². The zero-order valence-electron chi connectivity index (χ0n) is 11.2. The SMILES string of the molecule is C/C(=N/NC(=O)c1ccoc1C)c1ccccc1C. The quantitative estimate of drug-likeness (QED) is 0.677. The molecule has 98 valence electrons. The van der Waals surface area contributed by atoms with Gasteiger partial charge in [0.2, 0.25) is 0 Å². The molecule has 2 rings (SSSR count). The first-order chi connectivity index (χ1) is 9.09. The van der Waals surface area contributed by atoms with Crippen molar-refractivity contribution in [3.05, 3.63) is 59.0 Å². The van der Waals surface area contributed by atoms with E-state index in [1.165, 1.54) is 6.26 Å². The van der Waals surface area contributed by atoms with Crippen LogP contribution < -0.4 is 5.43 Å². The van der Waals surface area contributed by atoms with Crippen LogP contribution in [0.4, 0.5) is 0 Å². The van der Waals surface area contributed by atoms with E-state index in [2.05, 4.69) is 10.5 Å². The fourth-order valence-electron chi connectivity index (χ4n) is 1.85. The lowest BCUT2D eigenvalue weighted by molar-refractivity contribution is 0.0953. The average Bonchev–Trinajstić information content (AvgIpc) is 2.82. The molecule has 0 aliphatic rings. The highest BCUT2D eigenvalue weighted by molar-refractivity contribution is 6.01. The molecule has 1 heterocycles. The third-order valence-corrected chi connectivity index (χ3v) is 2.96. The molecule has 0 unspecified atom stereocenters. The molecule has 0 radical (unpaired) electrons. The number of aryl methyl sites for hydroxylation is 2. The van der Waals surface area contributed by atoms with E-state index < -0.39 is 0 Å². The van der Waals surface area contributed by atoms with Gasteiger partial charge in [-0.25, -0.2) is 5.43 Å². The molecule has 1 N–H and O–H groups in total. The molecule has 19 heavy (non-hydrogen) atoms. The van der Waals surface area contributed by atoms with E-state index in [0.29, 0.717) is 11.3 Å². The smallest absolute Gasteiger partial charge is 0.274 e. The number of furan rings is 1. The lowest BCUT2D eigenvalue weighted by Gasteiger charge is -2.05. The van der Waals surface area contributed by atoms with Gasteiger partial charge in [-0.05, 0) is 32.4 Å². The maximum atomic E-state index is 11.9. The second-order valence-electron chi connectivity index (χ2n) is 4.34. The molecule has 0 spiro atoms. The Morgan fingerprint density at radius 2 is 1.89 bits per heavy atom. The molecule has 1 amide bonds. The molecule has 1 aromatic heterocycles. The molecule has 4 heteroatoms. The lowest BCUT2D eigenvalue weighted by atomic mass is 10.1. The van der Waals surface area contributed by atoms with E-state index in [1.54, 1.807) is 13.0 Å². The second kappa shape index (κ2) is 5.52. The topological polar surface area (TPSA) is 54.6 Å². The van der Waals surface area contributed by atoms with Gasteiger partial charge >= 0.3 is 0 Å². The molecule has 2 aromatic rings. The number of amides is 1. The summed E-state index contributed by atoms with van der Waals surface area (Å²) in [5.41, 5.74) is 5.96. The van der Waals surface area contributed by atoms with Crippen molar-refractivity contribution < 1.29 is 9.21 Å². The Bertz CT molecular complexity index is 627. The summed E-state index contributed by atoms with van der Waals surface area (Å²) in [5, 5.41) is 4.13. The van der Waals surface area contributed by atoms with Gasteiger partial charge < -0.3 is 4.42 Å². The van der Waals surface area contributed by atoms with Crippen LogP contribution in [0.25, 0.3) is 0 Å². The summed E-state index contributed by atoms with van der Waals surface area (Å²) >= 11 is 0. The van der Waals surface area contributed by atoms with Crippen molar-refractivity contribution in [3.8, 4) is 0 Å². The summed E-state index contributed by atoms with van der Waals surface area (Å²) in [6, 6.07) is 9.53. The van der Waals surface area contributed by atoms with Gasteiger partial charge in [0.25, 0.3) is 5.91 Å². The van der Waals surface area contributed by atoms with Gasteiger partial charge in [0.05, 0.1) is 17.5 Å². The van der Waals surface area contributed by atoms with Crippen LogP contribution in [0, 0.1) is 13.8 Å². The molecule has 1 aromatic carbocycles. The number of nitrogens with one attached hydrogen (secondary N) is 1. The number of hydrogen-bond acceptors (Lipinski definition) is 3. The fourth-order valence-corrected chi connectivity index (χ4v) is 1.85. The first-order valence-corrected chi connectivity index (χ1v) is 6.04. The van der Waals surface area contributed by atoms with Gasteiger partial charge in [-0.15, -0.1) is 0 Å². The van der Waals surface area contributed by atoms with Gasteiger partial charge in [0, 0.05) is 5.56 Å². The predicted molar refractivity (Wildman–Crippen MR) is 74.3 cm³/mol. The summed E-state index contributed by atoms with van der Waals surface area (Å²) in [6.45, 7) is 5.62. The fraction of sp³-hybridized carbons (Fsp3) is 0.200. The van der Waals surface area contributed by atoms with Crippen LogP contribution in [0.1, 0.15) is 34.2 Å². The number of benzene rings is 1. The second-order valence-corrected chi connectivity index (χ2v) is 4.34. The van der Waals surface area contributed by atoms with Gasteiger partial charge in [0.15, 0.2) is 0 Å². The Labute approximate surface area is 112 Å². The first kappa shape index (κ1) is 13.1. The highest BCUT2D eigenvalue weighted by Crippen LogP contribution is 2.10. The minimum atomic E-state index is -0.265. The number of hydrogen-bond donors (Lipinski definition) is 1. The Balaban J connectivity index is 2.13. The van der Waals surface area contributed by atoms with Crippen molar-refractivity contribution >= 4 is 11.6 Å². The Morgan fingerprint density at radius 3 is 2.53 bits per heavy atom. The summed E-state index contributed by atoms with van der Waals surface area (Å²) in [6.07, 6.45) is 1.49. The molecule has 0 bridgehead atoms. The van der Waals surface area contributed by atoms with Crippen molar-refractivity contribution in [1.82, 2.24) is 5.43 Å². The summed E-state index contributed by atoms with van der Waals surface area (Å²) in [5.74, 6) is 0.320. The van der Waals surface area contributed by atoms with Crippen molar-refractivity contribution in [2.45, 2.75) is 20.8 Å². The molecular weight excluding hydrogens is 240 g/mol. The minimum Gasteiger partial charge on any atom is -0.469 e. The van der Waals surface area contributed by atoms with Crippen LogP contribution in [0.5, 0.6) is 0 Å².